The topological polar surface area (TPSA) is 58.4 Å². The molecule has 1 unspecified atom stereocenters. The fourth-order valence-electron chi connectivity index (χ4n) is 3.83. The number of likely N-dealkylation sites (tertiary alicyclic amines) is 1. The Morgan fingerprint density at radius 2 is 2.07 bits per heavy atom. The van der Waals surface area contributed by atoms with Crippen LogP contribution >= 0.6 is 0 Å². The predicted octanol–water partition coefficient (Wildman–Crippen LogP) is 5.59. The molecule has 1 atom stereocenters. The average molecular weight is 395 g/mol. The first-order chi connectivity index (χ1) is 14.1. The first-order valence-electron chi connectivity index (χ1n) is 10.3. The Morgan fingerprint density at radius 1 is 1.28 bits per heavy atom. The molecule has 0 saturated carbocycles. The molecule has 1 saturated heterocycles. The molecule has 1 aromatic heterocycles. The number of aromatic nitrogens is 1. The van der Waals surface area contributed by atoms with Crippen molar-refractivity contribution in [2.24, 2.45) is 0 Å². The van der Waals surface area contributed by atoms with Crippen LogP contribution in [0, 0.1) is 12.7 Å². The van der Waals surface area contributed by atoms with E-state index in [0.29, 0.717) is 30.1 Å². The van der Waals surface area contributed by atoms with Gasteiger partial charge in [0.2, 0.25) is 5.89 Å². The zero-order chi connectivity index (χ0) is 20.4. The third-order valence-electron chi connectivity index (χ3n) is 5.50. The van der Waals surface area contributed by atoms with E-state index in [1.807, 2.05) is 29.2 Å². The third kappa shape index (κ3) is 3.97. The standard InChI is InChI=1S/C23H26FN3O2/c1-3-4-11-25-23(28)27-12-5-6-20(27)22-26-19-14-17(8-10-21(19)29-22)16-7-9-18(24)15(2)13-16/h7-10,13-14,20H,3-6,11-12H2,1-2H3,(H,25,28). The summed E-state index contributed by atoms with van der Waals surface area (Å²) in [6.45, 7) is 5.25. The van der Waals surface area contributed by atoms with E-state index in [9.17, 15) is 9.18 Å². The van der Waals surface area contributed by atoms with Crippen LogP contribution in [-0.2, 0) is 0 Å². The normalized spacial score (nSPS) is 16.5. The molecule has 5 nitrogen and oxygen atoms in total. The van der Waals surface area contributed by atoms with Crippen molar-refractivity contribution in [1.29, 1.82) is 0 Å². The van der Waals surface area contributed by atoms with Crippen molar-refractivity contribution in [2.45, 2.75) is 45.6 Å². The van der Waals surface area contributed by atoms with Crippen LogP contribution in [0.2, 0.25) is 0 Å². The quantitative estimate of drug-likeness (QED) is 0.573. The summed E-state index contributed by atoms with van der Waals surface area (Å²) in [4.78, 5) is 19.0. The molecule has 1 aliphatic rings. The van der Waals surface area contributed by atoms with E-state index in [-0.39, 0.29) is 17.9 Å². The molecule has 0 radical (unpaired) electrons. The Hall–Kier alpha value is -2.89. The van der Waals surface area contributed by atoms with Crippen LogP contribution in [0.3, 0.4) is 0 Å². The van der Waals surface area contributed by atoms with Crippen LogP contribution in [0.15, 0.2) is 40.8 Å². The Kier molecular flexibility index (Phi) is 5.51. The number of nitrogens with zero attached hydrogens (tertiary/aromatic N) is 2. The van der Waals surface area contributed by atoms with Crippen molar-refractivity contribution in [2.75, 3.05) is 13.1 Å². The van der Waals surface area contributed by atoms with Gasteiger partial charge in [0, 0.05) is 13.1 Å². The minimum Gasteiger partial charge on any atom is -0.438 e. The number of fused-ring (bicyclic) bond motifs is 1. The van der Waals surface area contributed by atoms with Crippen molar-refractivity contribution < 1.29 is 13.6 Å². The summed E-state index contributed by atoms with van der Waals surface area (Å²) in [6.07, 6.45) is 3.80. The minimum atomic E-state index is -0.211. The number of oxazole rings is 1. The number of amides is 2. The Balaban J connectivity index is 1.58. The van der Waals surface area contributed by atoms with Gasteiger partial charge in [0.05, 0.1) is 0 Å². The molecule has 0 spiro atoms. The Morgan fingerprint density at radius 3 is 2.86 bits per heavy atom. The van der Waals surface area contributed by atoms with Crippen LogP contribution < -0.4 is 5.32 Å². The molecule has 152 valence electrons. The number of urea groups is 1. The molecule has 29 heavy (non-hydrogen) atoms. The monoisotopic (exact) mass is 395 g/mol. The van der Waals surface area contributed by atoms with Crippen LogP contribution in [0.1, 0.15) is 50.1 Å². The van der Waals surface area contributed by atoms with Gasteiger partial charge in [0.15, 0.2) is 5.58 Å². The summed E-state index contributed by atoms with van der Waals surface area (Å²) in [5, 5.41) is 2.99. The van der Waals surface area contributed by atoms with Gasteiger partial charge < -0.3 is 14.6 Å². The highest BCUT2D eigenvalue weighted by atomic mass is 19.1. The zero-order valence-electron chi connectivity index (χ0n) is 16.9. The number of hydrogen-bond donors (Lipinski definition) is 1. The third-order valence-corrected chi connectivity index (χ3v) is 5.50. The number of halogens is 1. The number of unbranched alkanes of at least 4 members (excludes halogenated alkanes) is 1. The number of rotatable bonds is 5. The van der Waals surface area contributed by atoms with Gasteiger partial charge in [-0.2, -0.15) is 0 Å². The van der Waals surface area contributed by atoms with Crippen molar-refractivity contribution in [3.63, 3.8) is 0 Å². The van der Waals surface area contributed by atoms with Gasteiger partial charge in [0.1, 0.15) is 17.4 Å². The lowest BCUT2D eigenvalue weighted by atomic mass is 10.0. The molecule has 2 amide bonds. The van der Waals surface area contributed by atoms with Crippen LogP contribution in [0.4, 0.5) is 9.18 Å². The first-order valence-corrected chi connectivity index (χ1v) is 10.3. The summed E-state index contributed by atoms with van der Waals surface area (Å²) in [6, 6.07) is 10.7. The molecule has 2 heterocycles. The highest BCUT2D eigenvalue weighted by Gasteiger charge is 2.33. The molecule has 0 bridgehead atoms. The SMILES string of the molecule is CCCCNC(=O)N1CCCC1c1nc2cc(-c3ccc(F)c(C)c3)ccc2o1. The number of aryl methyl sites for hydroxylation is 1. The summed E-state index contributed by atoms with van der Waals surface area (Å²) < 4.78 is 19.6. The molecule has 2 aromatic carbocycles. The maximum atomic E-state index is 13.6. The molecule has 6 heteroatoms. The highest BCUT2D eigenvalue weighted by molar-refractivity contribution is 5.81. The molecule has 1 fully saturated rings. The highest BCUT2D eigenvalue weighted by Crippen LogP contribution is 2.34. The van der Waals surface area contributed by atoms with Gasteiger partial charge in [-0.3, -0.25) is 0 Å². The maximum Gasteiger partial charge on any atom is 0.318 e. The fraction of sp³-hybridized carbons (Fsp3) is 0.391. The van der Waals surface area contributed by atoms with Crippen molar-refractivity contribution >= 4 is 17.1 Å². The zero-order valence-corrected chi connectivity index (χ0v) is 16.9. The lowest BCUT2D eigenvalue weighted by molar-refractivity contribution is 0.185. The minimum absolute atomic E-state index is 0.0503. The lowest BCUT2D eigenvalue weighted by Crippen LogP contribution is -2.39. The number of benzene rings is 2. The van der Waals surface area contributed by atoms with Gasteiger partial charge in [-0.1, -0.05) is 25.5 Å². The number of carbonyl (C=O) groups is 1. The molecule has 4 rings (SSSR count). The van der Waals surface area contributed by atoms with Crippen LogP contribution in [0.5, 0.6) is 0 Å². The summed E-state index contributed by atoms with van der Waals surface area (Å²) in [5.74, 6) is 0.368. The summed E-state index contributed by atoms with van der Waals surface area (Å²) in [7, 11) is 0. The Bertz CT molecular complexity index is 1030. The summed E-state index contributed by atoms with van der Waals surface area (Å²) >= 11 is 0. The van der Waals surface area contributed by atoms with Gasteiger partial charge in [-0.15, -0.1) is 0 Å². The number of hydrogen-bond acceptors (Lipinski definition) is 3. The van der Waals surface area contributed by atoms with Crippen molar-refractivity contribution in [1.82, 2.24) is 15.2 Å². The summed E-state index contributed by atoms with van der Waals surface area (Å²) in [5.41, 5.74) is 3.95. The molecule has 0 aliphatic carbocycles. The second-order valence-electron chi connectivity index (χ2n) is 7.64. The van der Waals surface area contributed by atoms with Gasteiger partial charge in [-0.05, 0) is 67.1 Å². The van der Waals surface area contributed by atoms with E-state index in [2.05, 4.69) is 17.2 Å². The van der Waals surface area contributed by atoms with E-state index in [4.69, 9.17) is 4.42 Å². The van der Waals surface area contributed by atoms with E-state index >= 15 is 0 Å². The van der Waals surface area contributed by atoms with E-state index in [0.717, 1.165) is 42.3 Å². The van der Waals surface area contributed by atoms with Gasteiger partial charge in [-0.25, -0.2) is 14.2 Å². The Labute approximate surface area is 169 Å². The molecule has 1 N–H and O–H groups in total. The lowest BCUT2D eigenvalue weighted by Gasteiger charge is -2.22. The number of nitrogens with one attached hydrogen (secondary N) is 1. The van der Waals surface area contributed by atoms with Crippen LogP contribution in [-0.4, -0.2) is 29.0 Å². The second-order valence-corrected chi connectivity index (χ2v) is 7.64. The van der Waals surface area contributed by atoms with Crippen molar-refractivity contribution in [3.05, 3.63) is 53.7 Å². The average Bonchev–Trinajstić information content (AvgIpc) is 3.36. The largest absolute Gasteiger partial charge is 0.438 e. The number of carbonyl (C=O) groups excluding carboxylic acids is 1. The molecule has 3 aromatic rings. The van der Waals surface area contributed by atoms with Gasteiger partial charge in [0.25, 0.3) is 0 Å². The van der Waals surface area contributed by atoms with E-state index in [1.54, 1.807) is 13.0 Å². The molecular formula is C23H26FN3O2. The second kappa shape index (κ2) is 8.23. The van der Waals surface area contributed by atoms with E-state index in [1.165, 1.54) is 6.07 Å². The van der Waals surface area contributed by atoms with Crippen LogP contribution in [0.25, 0.3) is 22.2 Å². The first kappa shape index (κ1) is 19.4. The van der Waals surface area contributed by atoms with Crippen molar-refractivity contribution in [3.8, 4) is 11.1 Å². The molecule has 1 aliphatic heterocycles. The smallest absolute Gasteiger partial charge is 0.318 e. The predicted molar refractivity (Wildman–Crippen MR) is 111 cm³/mol. The fourth-order valence-corrected chi connectivity index (χ4v) is 3.83. The molecular weight excluding hydrogens is 369 g/mol. The maximum absolute atomic E-state index is 13.6. The van der Waals surface area contributed by atoms with E-state index < -0.39 is 0 Å². The van der Waals surface area contributed by atoms with Gasteiger partial charge >= 0.3 is 6.03 Å².